The third-order valence-electron chi connectivity index (χ3n) is 6.86. The summed E-state index contributed by atoms with van der Waals surface area (Å²) in [6.07, 6.45) is 3.82. The summed E-state index contributed by atoms with van der Waals surface area (Å²) < 4.78 is 10.5. The van der Waals surface area contributed by atoms with Crippen LogP contribution in [-0.4, -0.2) is 70.5 Å². The summed E-state index contributed by atoms with van der Waals surface area (Å²) in [6, 6.07) is 6.01. The van der Waals surface area contributed by atoms with Gasteiger partial charge in [-0.25, -0.2) is 4.79 Å². The molecular weight excluding hydrogens is 462 g/mol. The first kappa shape index (κ1) is 25.2. The number of carbonyl (C=O) groups excluding carboxylic acids is 3. The van der Waals surface area contributed by atoms with Gasteiger partial charge in [-0.3, -0.25) is 14.6 Å². The maximum absolute atomic E-state index is 13.4. The van der Waals surface area contributed by atoms with Gasteiger partial charge in [0.25, 0.3) is 11.7 Å². The van der Waals surface area contributed by atoms with E-state index < -0.39 is 17.7 Å². The summed E-state index contributed by atoms with van der Waals surface area (Å²) in [5.41, 5.74) is 2.65. The second-order valence-electron chi connectivity index (χ2n) is 9.05. The highest BCUT2D eigenvalue weighted by Gasteiger charge is 2.49. The molecule has 1 aromatic heterocycles. The number of pyridine rings is 1. The zero-order valence-corrected chi connectivity index (χ0v) is 21.0. The number of ketones is 1. The van der Waals surface area contributed by atoms with E-state index in [-0.39, 0.29) is 23.5 Å². The summed E-state index contributed by atoms with van der Waals surface area (Å²) in [5.74, 6) is -0.955. The average molecular weight is 494 g/mol. The van der Waals surface area contributed by atoms with Crippen molar-refractivity contribution in [1.82, 2.24) is 14.8 Å². The molecule has 2 aliphatic heterocycles. The summed E-state index contributed by atoms with van der Waals surface area (Å²) in [6.45, 7) is 6.52. The molecule has 36 heavy (non-hydrogen) atoms. The van der Waals surface area contributed by atoms with Gasteiger partial charge in [-0.2, -0.15) is 0 Å². The molecule has 2 amide bonds. The van der Waals surface area contributed by atoms with Gasteiger partial charge in [0.15, 0.2) is 0 Å². The van der Waals surface area contributed by atoms with Crippen molar-refractivity contribution in [2.75, 3.05) is 26.8 Å². The number of hydrogen-bond donors (Lipinski definition) is 1. The molecule has 1 aromatic carbocycles. The lowest BCUT2D eigenvalue weighted by atomic mass is 9.92. The third kappa shape index (κ3) is 4.53. The van der Waals surface area contributed by atoms with E-state index in [9.17, 15) is 19.5 Å². The van der Waals surface area contributed by atoms with Crippen LogP contribution in [0.2, 0.25) is 0 Å². The standard InChI is InChI=1S/C27H31N3O6/c1-5-36-27(34)29-11-8-19(9-12-29)30-23(18-7-6-10-28-15-18)22(25(32)26(30)33)24(31)20-13-17(3)21(35-4)14-16(20)2/h6-7,10,13-15,19,23,31H,5,8-9,11-12H2,1-4H3/b24-22+. The predicted octanol–water partition coefficient (Wildman–Crippen LogP) is 3.75. The van der Waals surface area contributed by atoms with Crippen molar-refractivity contribution < 1.29 is 29.0 Å². The largest absolute Gasteiger partial charge is 0.507 e. The second kappa shape index (κ2) is 10.4. The van der Waals surface area contributed by atoms with Crippen LogP contribution >= 0.6 is 0 Å². The minimum absolute atomic E-state index is 0.0356. The first-order valence-corrected chi connectivity index (χ1v) is 12.1. The minimum atomic E-state index is -0.792. The number of carbonyl (C=O) groups is 3. The number of methoxy groups -OCH3 is 1. The first-order chi connectivity index (χ1) is 17.3. The minimum Gasteiger partial charge on any atom is -0.507 e. The van der Waals surface area contributed by atoms with Crippen molar-refractivity contribution in [3.63, 3.8) is 0 Å². The molecule has 0 radical (unpaired) electrons. The molecule has 2 fully saturated rings. The Labute approximate surface area is 210 Å². The van der Waals surface area contributed by atoms with Crippen molar-refractivity contribution in [1.29, 1.82) is 0 Å². The molecule has 9 nitrogen and oxygen atoms in total. The SMILES string of the molecule is CCOC(=O)N1CCC(N2C(=O)C(=O)/C(=C(/O)c3cc(C)c(OC)cc3C)C2c2cccnc2)CC1. The Morgan fingerprint density at radius 2 is 1.89 bits per heavy atom. The fourth-order valence-electron chi connectivity index (χ4n) is 5.04. The Bertz CT molecular complexity index is 1200. The molecule has 0 saturated carbocycles. The number of likely N-dealkylation sites (tertiary alicyclic amines) is 2. The van der Waals surface area contributed by atoms with Crippen LogP contribution in [0.25, 0.3) is 5.76 Å². The van der Waals surface area contributed by atoms with Crippen LogP contribution in [0.3, 0.4) is 0 Å². The predicted molar refractivity (Wildman–Crippen MR) is 132 cm³/mol. The molecule has 0 spiro atoms. The van der Waals surface area contributed by atoms with E-state index in [1.807, 2.05) is 13.8 Å². The second-order valence-corrected chi connectivity index (χ2v) is 9.05. The number of ether oxygens (including phenoxy) is 2. The van der Waals surface area contributed by atoms with Gasteiger partial charge < -0.3 is 24.4 Å². The van der Waals surface area contributed by atoms with Crippen molar-refractivity contribution >= 4 is 23.5 Å². The van der Waals surface area contributed by atoms with E-state index in [0.29, 0.717) is 55.0 Å². The number of aromatic nitrogens is 1. The van der Waals surface area contributed by atoms with Gasteiger partial charge in [0.05, 0.1) is 25.3 Å². The fraction of sp³-hybridized carbons (Fsp3) is 0.407. The number of rotatable bonds is 5. The number of hydrogen-bond acceptors (Lipinski definition) is 7. The highest BCUT2D eigenvalue weighted by Crippen LogP contribution is 2.42. The Kier molecular flexibility index (Phi) is 7.28. The van der Waals surface area contributed by atoms with Crippen molar-refractivity contribution in [3.05, 3.63) is 64.5 Å². The molecule has 3 heterocycles. The van der Waals surface area contributed by atoms with E-state index in [1.165, 1.54) is 0 Å². The molecule has 4 rings (SSSR count). The quantitative estimate of drug-likeness (QED) is 0.384. The van der Waals surface area contributed by atoms with Crippen LogP contribution in [0, 0.1) is 13.8 Å². The van der Waals surface area contributed by atoms with E-state index in [4.69, 9.17) is 9.47 Å². The lowest BCUT2D eigenvalue weighted by Crippen LogP contribution is -2.48. The topological polar surface area (TPSA) is 109 Å². The molecule has 2 aliphatic rings. The normalized spacial score (nSPS) is 20.1. The van der Waals surface area contributed by atoms with Gasteiger partial charge in [0.2, 0.25) is 0 Å². The third-order valence-corrected chi connectivity index (χ3v) is 6.86. The van der Waals surface area contributed by atoms with Crippen LogP contribution in [0.5, 0.6) is 5.75 Å². The number of amides is 2. The summed E-state index contributed by atoms with van der Waals surface area (Å²) in [7, 11) is 1.57. The molecule has 1 atom stereocenters. The molecule has 9 heteroatoms. The van der Waals surface area contributed by atoms with Gasteiger partial charge in [0, 0.05) is 37.1 Å². The Hall–Kier alpha value is -3.88. The van der Waals surface area contributed by atoms with Crippen LogP contribution < -0.4 is 4.74 Å². The van der Waals surface area contributed by atoms with Gasteiger partial charge in [0.1, 0.15) is 11.5 Å². The Morgan fingerprint density at radius 1 is 1.17 bits per heavy atom. The summed E-state index contributed by atoms with van der Waals surface area (Å²) >= 11 is 0. The van der Waals surface area contributed by atoms with E-state index in [1.54, 1.807) is 60.5 Å². The first-order valence-electron chi connectivity index (χ1n) is 12.1. The average Bonchev–Trinajstić information content (AvgIpc) is 3.15. The Balaban J connectivity index is 1.76. The van der Waals surface area contributed by atoms with Gasteiger partial charge >= 0.3 is 6.09 Å². The molecule has 1 unspecified atom stereocenters. The number of nitrogens with zero attached hydrogens (tertiary/aromatic N) is 3. The van der Waals surface area contributed by atoms with Gasteiger partial charge in [-0.05, 0) is 68.5 Å². The van der Waals surface area contributed by atoms with Crippen LogP contribution in [0.15, 0.2) is 42.2 Å². The number of piperidine rings is 1. The fourth-order valence-corrected chi connectivity index (χ4v) is 5.04. The maximum Gasteiger partial charge on any atom is 0.409 e. The lowest BCUT2D eigenvalue weighted by Gasteiger charge is -2.38. The van der Waals surface area contributed by atoms with E-state index >= 15 is 0 Å². The zero-order chi connectivity index (χ0) is 26.0. The van der Waals surface area contributed by atoms with Crippen LogP contribution in [-0.2, 0) is 14.3 Å². The van der Waals surface area contributed by atoms with Gasteiger partial charge in [-0.1, -0.05) is 6.07 Å². The lowest BCUT2D eigenvalue weighted by molar-refractivity contribution is -0.142. The van der Waals surface area contributed by atoms with Gasteiger partial charge in [-0.15, -0.1) is 0 Å². The van der Waals surface area contributed by atoms with Crippen LogP contribution in [0.4, 0.5) is 4.79 Å². The van der Waals surface area contributed by atoms with E-state index in [2.05, 4.69) is 4.98 Å². The molecule has 0 aliphatic carbocycles. The number of aliphatic hydroxyl groups excluding tert-OH is 1. The summed E-state index contributed by atoms with van der Waals surface area (Å²) in [5, 5.41) is 11.4. The van der Waals surface area contributed by atoms with Crippen molar-refractivity contribution in [2.45, 2.75) is 45.7 Å². The summed E-state index contributed by atoms with van der Waals surface area (Å²) in [4.78, 5) is 46.3. The number of aryl methyl sites for hydroxylation is 2. The zero-order valence-electron chi connectivity index (χ0n) is 21.0. The number of Topliss-reactive ketones (excluding diaryl/α,β-unsaturated/α-hetero) is 1. The molecular formula is C27H31N3O6. The molecule has 190 valence electrons. The van der Waals surface area contributed by atoms with Crippen LogP contribution in [0.1, 0.15) is 48.1 Å². The molecule has 2 aromatic rings. The maximum atomic E-state index is 13.4. The molecule has 1 N–H and O–H groups in total. The Morgan fingerprint density at radius 3 is 2.50 bits per heavy atom. The highest BCUT2D eigenvalue weighted by molar-refractivity contribution is 6.46. The molecule has 0 bridgehead atoms. The highest BCUT2D eigenvalue weighted by atomic mass is 16.6. The number of benzene rings is 1. The number of aliphatic hydroxyl groups is 1. The van der Waals surface area contributed by atoms with Crippen molar-refractivity contribution in [3.8, 4) is 5.75 Å². The monoisotopic (exact) mass is 493 g/mol. The van der Waals surface area contributed by atoms with Crippen molar-refractivity contribution in [2.24, 2.45) is 0 Å². The van der Waals surface area contributed by atoms with E-state index in [0.717, 1.165) is 5.56 Å². The molecule has 2 saturated heterocycles. The smallest absolute Gasteiger partial charge is 0.409 e.